The van der Waals surface area contributed by atoms with Gasteiger partial charge >= 0.3 is 0 Å². The molecule has 0 aliphatic carbocycles. The van der Waals surface area contributed by atoms with E-state index >= 15 is 0 Å². The zero-order valence-corrected chi connectivity index (χ0v) is 10.3. The van der Waals surface area contributed by atoms with E-state index in [1.807, 2.05) is 6.92 Å². The molecule has 1 fully saturated rings. The van der Waals surface area contributed by atoms with Gasteiger partial charge in [0.2, 0.25) is 0 Å². The summed E-state index contributed by atoms with van der Waals surface area (Å²) in [4.78, 5) is 2.33. The van der Waals surface area contributed by atoms with Gasteiger partial charge in [-0.2, -0.15) is 0 Å². The first-order valence-electron chi connectivity index (χ1n) is 5.28. The van der Waals surface area contributed by atoms with E-state index in [1.165, 1.54) is 0 Å². The summed E-state index contributed by atoms with van der Waals surface area (Å²) in [5.41, 5.74) is 5.76. The average molecular weight is 218 g/mol. The van der Waals surface area contributed by atoms with Gasteiger partial charge in [-0.25, -0.2) is 0 Å². The highest BCUT2D eigenvalue weighted by molar-refractivity contribution is 7.86. The quantitative estimate of drug-likeness (QED) is 0.737. The summed E-state index contributed by atoms with van der Waals surface area (Å²) in [5, 5.41) is 0. The molecule has 0 saturated carbocycles. The van der Waals surface area contributed by atoms with Crippen molar-refractivity contribution in [2.24, 2.45) is 5.73 Å². The Morgan fingerprint density at radius 2 is 2.14 bits per heavy atom. The molecule has 1 rings (SSSR count). The minimum atomic E-state index is -0.686. The fourth-order valence-corrected chi connectivity index (χ4v) is 3.03. The number of hydrogen-bond donors (Lipinski definition) is 1. The lowest BCUT2D eigenvalue weighted by Gasteiger charge is -2.23. The van der Waals surface area contributed by atoms with Crippen molar-refractivity contribution >= 4 is 10.8 Å². The molecule has 1 unspecified atom stereocenters. The van der Waals surface area contributed by atoms with Crippen molar-refractivity contribution in [1.82, 2.24) is 4.90 Å². The van der Waals surface area contributed by atoms with Crippen LogP contribution < -0.4 is 5.73 Å². The van der Waals surface area contributed by atoms with Crippen molar-refractivity contribution in [2.75, 3.05) is 25.4 Å². The Morgan fingerprint density at radius 3 is 2.71 bits per heavy atom. The molecule has 14 heavy (non-hydrogen) atoms. The van der Waals surface area contributed by atoms with Crippen LogP contribution in [0.1, 0.15) is 27.2 Å². The van der Waals surface area contributed by atoms with E-state index in [0.29, 0.717) is 0 Å². The standard InChI is InChI=1S/C10H22N2OS/c1-9(11)8-12-5-4-10(2,3)14(13)7-6-12/h9H,4-8,11H2,1-3H3/t9-,14?/m1/s1. The van der Waals surface area contributed by atoms with E-state index in [2.05, 4.69) is 18.7 Å². The Hall–Kier alpha value is 0.0700. The lowest BCUT2D eigenvalue weighted by Crippen LogP contribution is -2.37. The Balaban J connectivity index is 2.52. The van der Waals surface area contributed by atoms with Gasteiger partial charge in [-0.1, -0.05) is 0 Å². The first kappa shape index (κ1) is 12.1. The minimum Gasteiger partial charge on any atom is -0.327 e. The molecule has 0 radical (unpaired) electrons. The topological polar surface area (TPSA) is 46.3 Å². The molecular weight excluding hydrogens is 196 g/mol. The highest BCUT2D eigenvalue weighted by atomic mass is 32.2. The SMILES string of the molecule is C[C@@H](N)CN1CCS(=O)C(C)(C)CC1. The predicted molar refractivity (Wildman–Crippen MR) is 61.8 cm³/mol. The first-order valence-corrected chi connectivity index (χ1v) is 6.60. The highest BCUT2D eigenvalue weighted by Gasteiger charge is 2.29. The number of nitrogens with two attached hydrogens (primary N) is 1. The van der Waals surface area contributed by atoms with Crippen LogP contribution in [0, 0.1) is 0 Å². The maximum atomic E-state index is 11.8. The zero-order valence-electron chi connectivity index (χ0n) is 9.45. The van der Waals surface area contributed by atoms with Crippen LogP contribution in [0.4, 0.5) is 0 Å². The second kappa shape index (κ2) is 4.73. The molecule has 0 amide bonds. The molecule has 4 heteroatoms. The maximum absolute atomic E-state index is 11.8. The van der Waals surface area contributed by atoms with Crippen LogP contribution in [0.5, 0.6) is 0 Å². The predicted octanol–water partition coefficient (Wildman–Crippen LogP) is 0.567. The normalized spacial score (nSPS) is 31.0. The van der Waals surface area contributed by atoms with E-state index in [0.717, 1.165) is 31.8 Å². The molecule has 2 atom stereocenters. The molecule has 2 N–H and O–H groups in total. The minimum absolute atomic E-state index is 0.0212. The Morgan fingerprint density at radius 1 is 1.50 bits per heavy atom. The molecular formula is C10H22N2OS. The largest absolute Gasteiger partial charge is 0.327 e. The maximum Gasteiger partial charge on any atom is 0.0415 e. The smallest absolute Gasteiger partial charge is 0.0415 e. The van der Waals surface area contributed by atoms with Gasteiger partial charge in [0.05, 0.1) is 0 Å². The van der Waals surface area contributed by atoms with Crippen molar-refractivity contribution in [3.8, 4) is 0 Å². The molecule has 0 aromatic carbocycles. The molecule has 1 saturated heterocycles. The van der Waals surface area contributed by atoms with Crippen LogP contribution in [-0.4, -0.2) is 45.3 Å². The molecule has 0 aromatic heterocycles. The van der Waals surface area contributed by atoms with Crippen molar-refractivity contribution in [3.63, 3.8) is 0 Å². The third-order valence-electron chi connectivity index (χ3n) is 2.79. The van der Waals surface area contributed by atoms with Gasteiger partial charge in [-0.15, -0.1) is 0 Å². The Labute approximate surface area is 89.5 Å². The number of hydrogen-bond acceptors (Lipinski definition) is 3. The van der Waals surface area contributed by atoms with Crippen LogP contribution in [0.2, 0.25) is 0 Å². The van der Waals surface area contributed by atoms with Crippen LogP contribution in [0.25, 0.3) is 0 Å². The summed E-state index contributed by atoms with van der Waals surface area (Å²) in [6.45, 7) is 9.09. The van der Waals surface area contributed by atoms with Crippen LogP contribution in [-0.2, 0) is 10.8 Å². The third-order valence-corrected chi connectivity index (χ3v) is 4.78. The fourth-order valence-electron chi connectivity index (χ4n) is 1.73. The Kier molecular flexibility index (Phi) is 4.10. The van der Waals surface area contributed by atoms with Gasteiger partial charge < -0.3 is 10.6 Å². The summed E-state index contributed by atoms with van der Waals surface area (Å²) >= 11 is 0. The third kappa shape index (κ3) is 3.33. The van der Waals surface area contributed by atoms with E-state index in [1.54, 1.807) is 0 Å². The van der Waals surface area contributed by atoms with E-state index in [4.69, 9.17) is 5.73 Å². The molecule has 84 valence electrons. The summed E-state index contributed by atoms with van der Waals surface area (Å²) in [6.07, 6.45) is 1.01. The van der Waals surface area contributed by atoms with E-state index in [-0.39, 0.29) is 10.8 Å². The lowest BCUT2D eigenvalue weighted by atomic mass is 10.1. The molecule has 1 aliphatic rings. The van der Waals surface area contributed by atoms with Crippen molar-refractivity contribution in [1.29, 1.82) is 0 Å². The molecule has 0 bridgehead atoms. The second-order valence-corrected chi connectivity index (χ2v) is 7.04. The van der Waals surface area contributed by atoms with Gasteiger partial charge in [-0.3, -0.25) is 4.21 Å². The van der Waals surface area contributed by atoms with Gasteiger partial charge in [-0.05, 0) is 33.7 Å². The van der Waals surface area contributed by atoms with Crippen LogP contribution >= 0.6 is 0 Å². The van der Waals surface area contributed by atoms with E-state index in [9.17, 15) is 4.21 Å². The van der Waals surface area contributed by atoms with Crippen molar-refractivity contribution < 1.29 is 4.21 Å². The second-order valence-electron chi connectivity index (χ2n) is 4.84. The number of rotatable bonds is 2. The van der Waals surface area contributed by atoms with Gasteiger partial charge in [0.15, 0.2) is 0 Å². The van der Waals surface area contributed by atoms with Gasteiger partial charge in [0.25, 0.3) is 0 Å². The fraction of sp³-hybridized carbons (Fsp3) is 1.00. The van der Waals surface area contributed by atoms with Gasteiger partial charge in [0, 0.05) is 40.4 Å². The van der Waals surface area contributed by atoms with Crippen molar-refractivity contribution in [3.05, 3.63) is 0 Å². The van der Waals surface area contributed by atoms with Crippen LogP contribution in [0.3, 0.4) is 0 Å². The summed E-state index contributed by atoms with van der Waals surface area (Å²) < 4.78 is 11.8. The molecule has 1 heterocycles. The Bertz CT molecular complexity index is 216. The van der Waals surface area contributed by atoms with E-state index < -0.39 is 10.8 Å². The zero-order chi connectivity index (χ0) is 10.8. The summed E-state index contributed by atoms with van der Waals surface area (Å²) in [6, 6.07) is 0.213. The van der Waals surface area contributed by atoms with Crippen LogP contribution in [0.15, 0.2) is 0 Å². The lowest BCUT2D eigenvalue weighted by molar-refractivity contribution is 0.271. The molecule has 0 spiro atoms. The van der Waals surface area contributed by atoms with Crippen molar-refractivity contribution in [2.45, 2.75) is 38.0 Å². The molecule has 0 aromatic rings. The first-order chi connectivity index (χ1) is 6.42. The average Bonchev–Trinajstić information content (AvgIpc) is 2.17. The number of nitrogens with zero attached hydrogens (tertiary/aromatic N) is 1. The molecule has 1 aliphatic heterocycles. The molecule has 3 nitrogen and oxygen atoms in total. The highest BCUT2D eigenvalue weighted by Crippen LogP contribution is 2.21. The summed E-state index contributed by atoms with van der Waals surface area (Å²) in [5.74, 6) is 0.791. The monoisotopic (exact) mass is 218 g/mol. The summed E-state index contributed by atoms with van der Waals surface area (Å²) in [7, 11) is -0.686. The van der Waals surface area contributed by atoms with Gasteiger partial charge in [0.1, 0.15) is 0 Å².